The summed E-state index contributed by atoms with van der Waals surface area (Å²) in [6.45, 7) is 1.69. The number of nitrogen functional groups attached to an aromatic ring is 1. The van der Waals surface area contributed by atoms with Gasteiger partial charge in [0.1, 0.15) is 0 Å². The first-order valence-corrected chi connectivity index (χ1v) is 6.21. The molecule has 0 saturated carbocycles. The zero-order chi connectivity index (χ0) is 13.0. The molecule has 5 heteroatoms. The van der Waals surface area contributed by atoms with Crippen LogP contribution in [-0.4, -0.2) is 25.2 Å². The monoisotopic (exact) mass is 249 g/mol. The Kier molecular flexibility index (Phi) is 4.04. The Hall–Kier alpha value is -1.75. The average molecular weight is 249 g/mol. The highest BCUT2D eigenvalue weighted by molar-refractivity contribution is 5.94. The first kappa shape index (κ1) is 12.7. The number of hydrogen-bond donors (Lipinski definition) is 3. The van der Waals surface area contributed by atoms with E-state index < -0.39 is 5.91 Å². The number of nitrogens with one attached hydrogen (secondary N) is 1. The number of amides is 1. The van der Waals surface area contributed by atoms with Crippen molar-refractivity contribution in [3.8, 4) is 0 Å². The molecule has 1 aliphatic heterocycles. The highest BCUT2D eigenvalue weighted by Crippen LogP contribution is 2.21. The molecule has 18 heavy (non-hydrogen) atoms. The minimum atomic E-state index is -0.465. The predicted octanol–water partition coefficient (Wildman–Crippen LogP) is 1.35. The molecule has 1 saturated heterocycles. The average Bonchev–Trinajstić information content (AvgIpc) is 2.84. The van der Waals surface area contributed by atoms with Crippen molar-refractivity contribution < 1.29 is 9.53 Å². The molecule has 5 N–H and O–H groups in total. The van der Waals surface area contributed by atoms with E-state index in [4.69, 9.17) is 16.2 Å². The van der Waals surface area contributed by atoms with Gasteiger partial charge in [0.2, 0.25) is 5.91 Å². The second-order valence-electron chi connectivity index (χ2n) is 4.52. The van der Waals surface area contributed by atoms with E-state index in [0.29, 0.717) is 17.4 Å². The van der Waals surface area contributed by atoms with Gasteiger partial charge < -0.3 is 21.5 Å². The highest BCUT2D eigenvalue weighted by atomic mass is 16.5. The molecule has 98 valence electrons. The van der Waals surface area contributed by atoms with Crippen LogP contribution in [-0.2, 0) is 4.74 Å². The number of hydrogen-bond acceptors (Lipinski definition) is 4. The summed E-state index contributed by atoms with van der Waals surface area (Å²) in [6, 6.07) is 5.05. The topological polar surface area (TPSA) is 90.4 Å². The van der Waals surface area contributed by atoms with Gasteiger partial charge in [0.05, 0.1) is 17.5 Å². The van der Waals surface area contributed by atoms with E-state index in [2.05, 4.69) is 5.32 Å². The van der Waals surface area contributed by atoms with Crippen LogP contribution >= 0.6 is 0 Å². The molecule has 0 aromatic heterocycles. The quantitative estimate of drug-likeness (QED) is 0.687. The van der Waals surface area contributed by atoms with Gasteiger partial charge in [-0.25, -0.2) is 0 Å². The van der Waals surface area contributed by atoms with Gasteiger partial charge in [0.25, 0.3) is 0 Å². The standard InChI is InChI=1S/C13H19N3O2/c14-11-8-9(13(15)17)3-4-12(11)16-6-5-10-2-1-7-18-10/h3-4,8,10,16H,1-2,5-7,14H2,(H2,15,17). The Labute approximate surface area is 106 Å². The molecule has 2 rings (SSSR count). The van der Waals surface area contributed by atoms with Crippen molar-refractivity contribution >= 4 is 17.3 Å². The van der Waals surface area contributed by atoms with Crippen molar-refractivity contribution in [2.45, 2.75) is 25.4 Å². The van der Waals surface area contributed by atoms with Crippen LogP contribution in [0.25, 0.3) is 0 Å². The third kappa shape index (κ3) is 3.13. The van der Waals surface area contributed by atoms with Crippen LogP contribution in [0.4, 0.5) is 11.4 Å². The molecule has 1 unspecified atom stereocenters. The fourth-order valence-corrected chi connectivity index (χ4v) is 2.12. The van der Waals surface area contributed by atoms with Gasteiger partial charge in [-0.15, -0.1) is 0 Å². The van der Waals surface area contributed by atoms with Gasteiger partial charge in [-0.1, -0.05) is 0 Å². The fourth-order valence-electron chi connectivity index (χ4n) is 2.12. The maximum Gasteiger partial charge on any atom is 0.248 e. The molecule has 0 bridgehead atoms. The smallest absolute Gasteiger partial charge is 0.248 e. The number of benzene rings is 1. The Morgan fingerprint density at radius 1 is 1.50 bits per heavy atom. The molecular formula is C13H19N3O2. The van der Waals surface area contributed by atoms with E-state index in [1.165, 1.54) is 0 Å². The van der Waals surface area contributed by atoms with Gasteiger partial charge in [0, 0.05) is 18.7 Å². The number of carbonyl (C=O) groups excluding carboxylic acids is 1. The zero-order valence-corrected chi connectivity index (χ0v) is 10.3. The summed E-state index contributed by atoms with van der Waals surface area (Å²) in [6.07, 6.45) is 3.62. The number of ether oxygens (including phenoxy) is 1. The van der Waals surface area contributed by atoms with Gasteiger partial charge in [0.15, 0.2) is 0 Å². The summed E-state index contributed by atoms with van der Waals surface area (Å²) >= 11 is 0. The third-order valence-corrected chi connectivity index (χ3v) is 3.14. The minimum Gasteiger partial charge on any atom is -0.397 e. The lowest BCUT2D eigenvalue weighted by atomic mass is 10.1. The molecule has 5 nitrogen and oxygen atoms in total. The number of carbonyl (C=O) groups is 1. The van der Waals surface area contributed by atoms with Crippen molar-refractivity contribution in [3.05, 3.63) is 23.8 Å². The Morgan fingerprint density at radius 3 is 2.94 bits per heavy atom. The van der Waals surface area contributed by atoms with Crippen molar-refractivity contribution in [2.24, 2.45) is 5.73 Å². The van der Waals surface area contributed by atoms with Gasteiger partial charge in [-0.3, -0.25) is 4.79 Å². The molecule has 1 aromatic rings. The van der Waals surface area contributed by atoms with Crippen LogP contribution in [0, 0.1) is 0 Å². The van der Waals surface area contributed by atoms with Crippen LogP contribution in [0.15, 0.2) is 18.2 Å². The molecule has 1 aromatic carbocycles. The van der Waals surface area contributed by atoms with Crippen molar-refractivity contribution in [2.75, 3.05) is 24.2 Å². The largest absolute Gasteiger partial charge is 0.397 e. The van der Waals surface area contributed by atoms with Gasteiger partial charge in [-0.2, -0.15) is 0 Å². The third-order valence-electron chi connectivity index (χ3n) is 3.14. The first-order valence-electron chi connectivity index (χ1n) is 6.21. The van der Waals surface area contributed by atoms with Crippen molar-refractivity contribution in [1.29, 1.82) is 0 Å². The molecule has 0 spiro atoms. The lowest BCUT2D eigenvalue weighted by molar-refractivity contribution is 0.1000. The zero-order valence-electron chi connectivity index (χ0n) is 10.3. The van der Waals surface area contributed by atoms with Crippen LogP contribution in [0.2, 0.25) is 0 Å². The van der Waals surface area contributed by atoms with E-state index in [-0.39, 0.29) is 0 Å². The van der Waals surface area contributed by atoms with Gasteiger partial charge in [-0.05, 0) is 37.5 Å². The van der Waals surface area contributed by atoms with Gasteiger partial charge >= 0.3 is 0 Å². The van der Waals surface area contributed by atoms with Crippen LogP contribution < -0.4 is 16.8 Å². The fraction of sp³-hybridized carbons (Fsp3) is 0.462. The minimum absolute atomic E-state index is 0.364. The molecule has 0 radical (unpaired) electrons. The number of primary amides is 1. The summed E-state index contributed by atoms with van der Waals surface area (Å²) in [5, 5.41) is 3.25. The summed E-state index contributed by atoms with van der Waals surface area (Å²) in [7, 11) is 0. The second kappa shape index (κ2) is 5.73. The molecule has 0 aliphatic carbocycles. The van der Waals surface area contributed by atoms with Crippen LogP contribution in [0.1, 0.15) is 29.6 Å². The SMILES string of the molecule is NC(=O)c1ccc(NCCC2CCCO2)c(N)c1. The Morgan fingerprint density at radius 2 is 2.33 bits per heavy atom. The first-order chi connectivity index (χ1) is 8.66. The van der Waals surface area contributed by atoms with E-state index >= 15 is 0 Å². The van der Waals surface area contributed by atoms with E-state index in [1.807, 2.05) is 0 Å². The maximum atomic E-state index is 11.0. The maximum absolute atomic E-state index is 11.0. The second-order valence-corrected chi connectivity index (χ2v) is 4.52. The van der Waals surface area contributed by atoms with E-state index in [1.54, 1.807) is 18.2 Å². The normalized spacial score (nSPS) is 18.8. The number of anilines is 2. The number of rotatable bonds is 5. The Bertz CT molecular complexity index is 428. The van der Waals surface area contributed by atoms with E-state index in [9.17, 15) is 4.79 Å². The van der Waals surface area contributed by atoms with E-state index in [0.717, 1.165) is 38.1 Å². The molecule has 1 fully saturated rings. The molecule has 1 aliphatic rings. The van der Waals surface area contributed by atoms with Crippen molar-refractivity contribution in [1.82, 2.24) is 0 Å². The lowest BCUT2D eigenvalue weighted by Gasteiger charge is -2.13. The van der Waals surface area contributed by atoms with Crippen LogP contribution in [0.5, 0.6) is 0 Å². The summed E-state index contributed by atoms with van der Waals surface area (Å²) in [5.41, 5.74) is 12.8. The molecule has 1 amide bonds. The summed E-state index contributed by atoms with van der Waals surface area (Å²) in [4.78, 5) is 11.0. The predicted molar refractivity (Wildman–Crippen MR) is 71.5 cm³/mol. The van der Waals surface area contributed by atoms with Crippen molar-refractivity contribution in [3.63, 3.8) is 0 Å². The highest BCUT2D eigenvalue weighted by Gasteiger charge is 2.14. The Balaban J connectivity index is 1.87. The van der Waals surface area contributed by atoms with Crippen LogP contribution in [0.3, 0.4) is 0 Å². The molecule has 1 atom stereocenters. The lowest BCUT2D eigenvalue weighted by Crippen LogP contribution is -2.14. The molecular weight excluding hydrogens is 230 g/mol. The summed E-state index contributed by atoms with van der Waals surface area (Å²) < 4.78 is 5.54. The summed E-state index contributed by atoms with van der Waals surface area (Å²) in [5.74, 6) is -0.465. The number of nitrogens with two attached hydrogens (primary N) is 2. The molecule has 1 heterocycles.